The van der Waals surface area contributed by atoms with Crippen molar-refractivity contribution < 1.29 is 0 Å². The molecule has 1 aromatic carbocycles. The summed E-state index contributed by atoms with van der Waals surface area (Å²) in [7, 11) is 1.94. The van der Waals surface area contributed by atoms with Crippen molar-refractivity contribution in [2.45, 2.75) is 19.3 Å². The Hall–Kier alpha value is -1.84. The number of fused-ring (bicyclic) bond motifs is 1. The van der Waals surface area contributed by atoms with Crippen LogP contribution in [0, 0.1) is 0 Å². The van der Waals surface area contributed by atoms with Crippen LogP contribution in [0.1, 0.15) is 23.4 Å². The zero-order valence-electron chi connectivity index (χ0n) is 9.98. The van der Waals surface area contributed by atoms with Crippen molar-refractivity contribution in [3.8, 4) is 0 Å². The summed E-state index contributed by atoms with van der Waals surface area (Å²) in [6.45, 7) is 1.07. The summed E-state index contributed by atoms with van der Waals surface area (Å²) in [4.78, 5) is 4.28. The maximum absolute atomic E-state index is 4.28. The van der Waals surface area contributed by atoms with E-state index in [0.717, 1.165) is 18.8 Å². The molecule has 3 rings (SSSR count). The SMILES string of the molecule is Cn1ncnc1Cc1cccc2c1NCCC2. The summed E-state index contributed by atoms with van der Waals surface area (Å²) in [5, 5.41) is 7.62. The Bertz CT molecular complexity index is 530. The quantitative estimate of drug-likeness (QED) is 0.851. The number of aromatic nitrogens is 3. The van der Waals surface area contributed by atoms with Crippen molar-refractivity contribution in [1.82, 2.24) is 14.8 Å². The average Bonchev–Trinajstić information content (AvgIpc) is 2.76. The van der Waals surface area contributed by atoms with Gasteiger partial charge < -0.3 is 5.32 Å². The smallest absolute Gasteiger partial charge is 0.138 e. The molecule has 88 valence electrons. The molecule has 0 saturated carbocycles. The molecular formula is C13H16N4. The molecule has 0 atom stereocenters. The van der Waals surface area contributed by atoms with E-state index in [0.29, 0.717) is 0 Å². The summed E-state index contributed by atoms with van der Waals surface area (Å²) in [5.74, 6) is 1.01. The second-order valence-corrected chi connectivity index (χ2v) is 4.46. The van der Waals surface area contributed by atoms with Crippen molar-refractivity contribution in [3.05, 3.63) is 41.5 Å². The Morgan fingerprint density at radius 2 is 2.35 bits per heavy atom. The minimum absolute atomic E-state index is 0.840. The number of hydrogen-bond donors (Lipinski definition) is 1. The molecule has 0 radical (unpaired) electrons. The molecule has 0 bridgehead atoms. The topological polar surface area (TPSA) is 42.7 Å². The zero-order chi connectivity index (χ0) is 11.7. The third kappa shape index (κ3) is 1.90. The van der Waals surface area contributed by atoms with Crippen LogP contribution in [0.5, 0.6) is 0 Å². The van der Waals surface area contributed by atoms with Gasteiger partial charge >= 0.3 is 0 Å². The van der Waals surface area contributed by atoms with E-state index in [2.05, 4.69) is 33.6 Å². The Labute approximate surface area is 101 Å². The highest BCUT2D eigenvalue weighted by atomic mass is 15.3. The second kappa shape index (κ2) is 4.20. The van der Waals surface area contributed by atoms with Gasteiger partial charge in [0.15, 0.2) is 0 Å². The van der Waals surface area contributed by atoms with Crippen molar-refractivity contribution in [2.24, 2.45) is 7.05 Å². The van der Waals surface area contributed by atoms with Crippen LogP contribution in [-0.4, -0.2) is 21.3 Å². The highest BCUT2D eigenvalue weighted by Gasteiger charge is 2.13. The van der Waals surface area contributed by atoms with E-state index in [1.807, 2.05) is 11.7 Å². The van der Waals surface area contributed by atoms with Crippen molar-refractivity contribution in [1.29, 1.82) is 0 Å². The van der Waals surface area contributed by atoms with Crippen LogP contribution in [0.3, 0.4) is 0 Å². The molecule has 4 nitrogen and oxygen atoms in total. The van der Waals surface area contributed by atoms with Gasteiger partial charge in [-0.1, -0.05) is 18.2 Å². The summed E-state index contributed by atoms with van der Waals surface area (Å²) in [6, 6.07) is 6.52. The molecule has 1 aromatic heterocycles. The fourth-order valence-electron chi connectivity index (χ4n) is 2.38. The lowest BCUT2D eigenvalue weighted by molar-refractivity contribution is 0.715. The van der Waals surface area contributed by atoms with Gasteiger partial charge in [-0.2, -0.15) is 5.10 Å². The van der Waals surface area contributed by atoms with E-state index in [9.17, 15) is 0 Å². The normalized spacial score (nSPS) is 14.2. The highest BCUT2D eigenvalue weighted by molar-refractivity contribution is 5.59. The van der Waals surface area contributed by atoms with Crippen LogP contribution >= 0.6 is 0 Å². The van der Waals surface area contributed by atoms with Gasteiger partial charge in [-0.05, 0) is 24.0 Å². The van der Waals surface area contributed by atoms with Crippen LogP contribution in [0.15, 0.2) is 24.5 Å². The molecule has 0 unspecified atom stereocenters. The summed E-state index contributed by atoms with van der Waals surface area (Å²) in [6.07, 6.45) is 4.85. The van der Waals surface area contributed by atoms with Gasteiger partial charge in [0.05, 0.1) is 0 Å². The number of anilines is 1. The lowest BCUT2D eigenvalue weighted by Gasteiger charge is -2.21. The maximum atomic E-state index is 4.28. The minimum Gasteiger partial charge on any atom is -0.385 e. The van der Waals surface area contributed by atoms with Crippen LogP contribution in [-0.2, 0) is 19.9 Å². The van der Waals surface area contributed by atoms with Crippen molar-refractivity contribution >= 4 is 5.69 Å². The lowest BCUT2D eigenvalue weighted by atomic mass is 9.98. The third-order valence-corrected chi connectivity index (χ3v) is 3.32. The summed E-state index contributed by atoms with van der Waals surface area (Å²) < 4.78 is 1.84. The van der Waals surface area contributed by atoms with Crippen LogP contribution in [0.2, 0.25) is 0 Å². The monoisotopic (exact) mass is 228 g/mol. The molecule has 0 saturated heterocycles. The van der Waals surface area contributed by atoms with Gasteiger partial charge in [0.25, 0.3) is 0 Å². The number of para-hydroxylation sites is 1. The molecule has 1 N–H and O–H groups in total. The molecule has 0 spiro atoms. The van der Waals surface area contributed by atoms with Gasteiger partial charge in [-0.25, -0.2) is 4.98 Å². The Morgan fingerprint density at radius 3 is 3.18 bits per heavy atom. The molecule has 2 heterocycles. The van der Waals surface area contributed by atoms with E-state index in [-0.39, 0.29) is 0 Å². The Balaban J connectivity index is 1.95. The third-order valence-electron chi connectivity index (χ3n) is 3.32. The molecule has 0 aliphatic carbocycles. The molecule has 2 aromatic rings. The number of hydrogen-bond acceptors (Lipinski definition) is 3. The molecule has 4 heteroatoms. The molecular weight excluding hydrogens is 212 g/mol. The summed E-state index contributed by atoms with van der Waals surface area (Å²) >= 11 is 0. The Kier molecular flexibility index (Phi) is 2.55. The first kappa shape index (κ1) is 10.3. The average molecular weight is 228 g/mol. The van der Waals surface area contributed by atoms with E-state index in [1.54, 1.807) is 6.33 Å². The van der Waals surface area contributed by atoms with Crippen molar-refractivity contribution in [2.75, 3.05) is 11.9 Å². The van der Waals surface area contributed by atoms with Gasteiger partial charge in [-0.15, -0.1) is 0 Å². The number of nitrogens with one attached hydrogen (secondary N) is 1. The predicted octanol–water partition coefficient (Wildman–Crippen LogP) is 1.76. The number of nitrogens with zero attached hydrogens (tertiary/aromatic N) is 3. The highest BCUT2D eigenvalue weighted by Crippen LogP contribution is 2.27. The van der Waals surface area contributed by atoms with Crippen molar-refractivity contribution in [3.63, 3.8) is 0 Å². The standard InChI is InChI=1S/C13H16N4/c1-17-12(15-9-16-17)8-11-5-2-4-10-6-3-7-14-13(10)11/h2,4-5,9,14H,3,6-8H2,1H3. The van der Waals surface area contributed by atoms with E-state index < -0.39 is 0 Å². The van der Waals surface area contributed by atoms with E-state index in [1.165, 1.54) is 29.7 Å². The maximum Gasteiger partial charge on any atom is 0.138 e. The first-order valence-electron chi connectivity index (χ1n) is 6.02. The van der Waals surface area contributed by atoms with Gasteiger partial charge in [0, 0.05) is 25.7 Å². The predicted molar refractivity (Wildman–Crippen MR) is 67.1 cm³/mol. The lowest BCUT2D eigenvalue weighted by Crippen LogP contribution is -2.14. The zero-order valence-corrected chi connectivity index (χ0v) is 9.98. The fourth-order valence-corrected chi connectivity index (χ4v) is 2.38. The Morgan fingerprint density at radius 1 is 1.41 bits per heavy atom. The number of rotatable bonds is 2. The van der Waals surface area contributed by atoms with E-state index in [4.69, 9.17) is 0 Å². The van der Waals surface area contributed by atoms with Gasteiger partial charge in [-0.3, -0.25) is 4.68 Å². The second-order valence-electron chi connectivity index (χ2n) is 4.46. The molecule has 1 aliphatic heterocycles. The van der Waals surface area contributed by atoms with Gasteiger partial charge in [0.1, 0.15) is 12.2 Å². The van der Waals surface area contributed by atoms with Gasteiger partial charge in [0.2, 0.25) is 0 Å². The fraction of sp³-hybridized carbons (Fsp3) is 0.385. The molecule has 0 amide bonds. The van der Waals surface area contributed by atoms with Crippen LogP contribution in [0.4, 0.5) is 5.69 Å². The summed E-state index contributed by atoms with van der Waals surface area (Å²) in [5.41, 5.74) is 4.05. The molecule has 0 fully saturated rings. The number of aryl methyl sites for hydroxylation is 2. The minimum atomic E-state index is 0.840. The van der Waals surface area contributed by atoms with E-state index >= 15 is 0 Å². The first-order chi connectivity index (χ1) is 8.34. The molecule has 17 heavy (non-hydrogen) atoms. The van der Waals surface area contributed by atoms with Crippen LogP contribution < -0.4 is 5.32 Å². The first-order valence-corrected chi connectivity index (χ1v) is 6.02. The molecule has 1 aliphatic rings. The van der Waals surface area contributed by atoms with Crippen LogP contribution in [0.25, 0.3) is 0 Å². The number of benzene rings is 1. The largest absolute Gasteiger partial charge is 0.385 e.